The molecule has 0 aromatic rings. The third kappa shape index (κ3) is 2.83. The van der Waals surface area contributed by atoms with Gasteiger partial charge in [0, 0.05) is 25.6 Å². The van der Waals surface area contributed by atoms with Crippen LogP contribution in [0.5, 0.6) is 0 Å². The van der Waals surface area contributed by atoms with Crippen LogP contribution in [-0.2, 0) is 9.59 Å². The van der Waals surface area contributed by atoms with Gasteiger partial charge in [0.2, 0.25) is 11.8 Å². The summed E-state index contributed by atoms with van der Waals surface area (Å²) in [7, 11) is 0. The lowest BCUT2D eigenvalue weighted by atomic mass is 10.1. The highest BCUT2D eigenvalue weighted by Gasteiger charge is 2.35. The summed E-state index contributed by atoms with van der Waals surface area (Å²) in [6.07, 6.45) is 4.42. The maximum Gasteiger partial charge on any atom is 0.243 e. The first-order chi connectivity index (χ1) is 8.67. The van der Waals surface area contributed by atoms with Crippen LogP contribution in [0.1, 0.15) is 39.0 Å². The second-order valence-electron chi connectivity index (χ2n) is 5.30. The van der Waals surface area contributed by atoms with E-state index in [1.807, 2.05) is 6.92 Å². The molecular formula is C13H23N3O2. The van der Waals surface area contributed by atoms with Gasteiger partial charge in [0.15, 0.2) is 0 Å². The Morgan fingerprint density at radius 3 is 2.72 bits per heavy atom. The second kappa shape index (κ2) is 5.69. The quantitative estimate of drug-likeness (QED) is 0.712. The minimum Gasteiger partial charge on any atom is -0.350 e. The standard InChI is InChI=1S/C13H23N3O2/c1-2-11(16-7-3-4-12(16)17)13(18)15-10(8-14)9-5-6-9/h9-11H,2-8,14H2,1H3,(H,15,18). The third-order valence-electron chi connectivity index (χ3n) is 3.95. The number of likely N-dealkylation sites (tertiary alicyclic amines) is 1. The molecule has 2 fully saturated rings. The number of hydrogen-bond donors (Lipinski definition) is 2. The van der Waals surface area contributed by atoms with E-state index >= 15 is 0 Å². The van der Waals surface area contributed by atoms with Crippen molar-refractivity contribution in [3.05, 3.63) is 0 Å². The molecule has 5 heteroatoms. The third-order valence-corrected chi connectivity index (χ3v) is 3.95. The first kappa shape index (κ1) is 13.3. The van der Waals surface area contributed by atoms with Crippen molar-refractivity contribution in [2.45, 2.75) is 51.1 Å². The van der Waals surface area contributed by atoms with Gasteiger partial charge in [-0.2, -0.15) is 0 Å². The SMILES string of the molecule is CCC(C(=O)NC(CN)C1CC1)N1CCCC1=O. The van der Waals surface area contributed by atoms with Crippen LogP contribution in [0.3, 0.4) is 0 Å². The van der Waals surface area contributed by atoms with Crippen molar-refractivity contribution >= 4 is 11.8 Å². The van der Waals surface area contributed by atoms with E-state index in [1.54, 1.807) is 4.90 Å². The Balaban J connectivity index is 1.94. The molecule has 3 N–H and O–H groups in total. The molecule has 0 radical (unpaired) electrons. The number of carbonyl (C=O) groups is 2. The van der Waals surface area contributed by atoms with Gasteiger partial charge in [0.25, 0.3) is 0 Å². The van der Waals surface area contributed by atoms with Crippen molar-refractivity contribution < 1.29 is 9.59 Å². The summed E-state index contributed by atoms with van der Waals surface area (Å²) >= 11 is 0. The maximum atomic E-state index is 12.2. The fourth-order valence-corrected chi connectivity index (χ4v) is 2.69. The zero-order valence-corrected chi connectivity index (χ0v) is 11.0. The van der Waals surface area contributed by atoms with Crippen molar-refractivity contribution in [3.8, 4) is 0 Å². The summed E-state index contributed by atoms with van der Waals surface area (Å²) < 4.78 is 0. The maximum absolute atomic E-state index is 12.2. The highest BCUT2D eigenvalue weighted by atomic mass is 16.2. The Labute approximate surface area is 108 Å². The molecule has 18 heavy (non-hydrogen) atoms. The van der Waals surface area contributed by atoms with Crippen LogP contribution in [-0.4, -0.2) is 41.9 Å². The lowest BCUT2D eigenvalue weighted by molar-refractivity contribution is -0.137. The van der Waals surface area contributed by atoms with Crippen LogP contribution in [0.25, 0.3) is 0 Å². The number of carbonyl (C=O) groups excluding carboxylic acids is 2. The summed E-state index contributed by atoms with van der Waals surface area (Å²) in [5.74, 6) is 0.619. The molecule has 2 unspecified atom stereocenters. The summed E-state index contributed by atoms with van der Waals surface area (Å²) in [6, 6.07) is -0.225. The summed E-state index contributed by atoms with van der Waals surface area (Å²) in [6.45, 7) is 3.15. The van der Waals surface area contributed by atoms with E-state index in [0.717, 1.165) is 19.3 Å². The van der Waals surface area contributed by atoms with E-state index < -0.39 is 0 Å². The number of rotatable bonds is 6. The molecule has 2 aliphatic rings. The van der Waals surface area contributed by atoms with Gasteiger partial charge in [-0.3, -0.25) is 9.59 Å². The molecule has 1 aliphatic carbocycles. The smallest absolute Gasteiger partial charge is 0.243 e. The van der Waals surface area contributed by atoms with Crippen LogP contribution in [0.4, 0.5) is 0 Å². The Morgan fingerprint density at radius 1 is 1.56 bits per heavy atom. The molecule has 1 saturated carbocycles. The zero-order valence-electron chi connectivity index (χ0n) is 11.0. The number of amides is 2. The van der Waals surface area contributed by atoms with E-state index in [4.69, 9.17) is 5.73 Å². The van der Waals surface area contributed by atoms with E-state index in [1.165, 1.54) is 0 Å². The van der Waals surface area contributed by atoms with Crippen LogP contribution >= 0.6 is 0 Å². The van der Waals surface area contributed by atoms with Crippen LogP contribution < -0.4 is 11.1 Å². The predicted molar refractivity (Wildman–Crippen MR) is 68.7 cm³/mol. The number of nitrogens with one attached hydrogen (secondary N) is 1. The topological polar surface area (TPSA) is 75.4 Å². The first-order valence-corrected chi connectivity index (χ1v) is 6.97. The van der Waals surface area contributed by atoms with Crippen LogP contribution in [0.15, 0.2) is 0 Å². The largest absolute Gasteiger partial charge is 0.350 e. The summed E-state index contributed by atoms with van der Waals surface area (Å²) in [5.41, 5.74) is 5.69. The number of nitrogens with two attached hydrogens (primary N) is 1. The van der Waals surface area contributed by atoms with Gasteiger partial charge in [-0.25, -0.2) is 0 Å². The average molecular weight is 253 g/mol. The van der Waals surface area contributed by atoms with Gasteiger partial charge in [-0.15, -0.1) is 0 Å². The lowest BCUT2D eigenvalue weighted by Gasteiger charge is -2.28. The predicted octanol–water partition coefficient (Wildman–Crippen LogP) is 0.241. The van der Waals surface area contributed by atoms with Crippen molar-refractivity contribution in [2.75, 3.05) is 13.1 Å². The van der Waals surface area contributed by atoms with Crippen molar-refractivity contribution in [1.82, 2.24) is 10.2 Å². The zero-order chi connectivity index (χ0) is 13.1. The highest BCUT2D eigenvalue weighted by Crippen LogP contribution is 2.32. The van der Waals surface area contributed by atoms with Gasteiger partial charge in [-0.1, -0.05) is 6.92 Å². The fourth-order valence-electron chi connectivity index (χ4n) is 2.69. The Kier molecular flexibility index (Phi) is 4.22. The molecule has 102 valence electrons. The van der Waals surface area contributed by atoms with Gasteiger partial charge in [0.1, 0.15) is 6.04 Å². The van der Waals surface area contributed by atoms with Gasteiger partial charge >= 0.3 is 0 Å². The Bertz CT molecular complexity index is 328. The minimum absolute atomic E-state index is 0.0323. The van der Waals surface area contributed by atoms with Crippen LogP contribution in [0, 0.1) is 5.92 Å². The molecule has 0 aromatic heterocycles. The van der Waals surface area contributed by atoms with Crippen molar-refractivity contribution in [2.24, 2.45) is 11.7 Å². The molecular weight excluding hydrogens is 230 g/mol. The van der Waals surface area contributed by atoms with E-state index in [0.29, 0.717) is 31.8 Å². The fraction of sp³-hybridized carbons (Fsp3) is 0.846. The van der Waals surface area contributed by atoms with Gasteiger partial charge in [0.05, 0.1) is 0 Å². The normalized spacial score (nSPS) is 23.0. The van der Waals surface area contributed by atoms with Gasteiger partial charge < -0.3 is 16.0 Å². The van der Waals surface area contributed by atoms with E-state index in [9.17, 15) is 9.59 Å². The highest BCUT2D eigenvalue weighted by molar-refractivity contribution is 5.88. The monoisotopic (exact) mass is 253 g/mol. The Hall–Kier alpha value is -1.10. The molecule has 1 aliphatic heterocycles. The molecule has 0 spiro atoms. The van der Waals surface area contributed by atoms with Crippen molar-refractivity contribution in [3.63, 3.8) is 0 Å². The average Bonchev–Trinajstić information content (AvgIpc) is 3.12. The van der Waals surface area contributed by atoms with Gasteiger partial charge in [-0.05, 0) is 31.6 Å². The Morgan fingerprint density at radius 2 is 2.28 bits per heavy atom. The molecule has 0 bridgehead atoms. The molecule has 2 rings (SSSR count). The molecule has 2 amide bonds. The first-order valence-electron chi connectivity index (χ1n) is 6.97. The number of nitrogens with zero attached hydrogens (tertiary/aromatic N) is 1. The molecule has 1 saturated heterocycles. The summed E-state index contributed by atoms with van der Waals surface area (Å²) in [4.78, 5) is 25.7. The summed E-state index contributed by atoms with van der Waals surface area (Å²) in [5, 5.41) is 3.02. The molecule has 2 atom stereocenters. The second-order valence-corrected chi connectivity index (χ2v) is 5.30. The molecule has 0 aromatic carbocycles. The lowest BCUT2D eigenvalue weighted by Crippen LogP contribution is -2.52. The number of hydrogen-bond acceptors (Lipinski definition) is 3. The van der Waals surface area contributed by atoms with Crippen LogP contribution in [0.2, 0.25) is 0 Å². The van der Waals surface area contributed by atoms with E-state index in [2.05, 4.69) is 5.32 Å². The molecule has 5 nitrogen and oxygen atoms in total. The molecule has 1 heterocycles. The van der Waals surface area contributed by atoms with Crippen molar-refractivity contribution in [1.29, 1.82) is 0 Å². The van der Waals surface area contributed by atoms with E-state index in [-0.39, 0.29) is 23.9 Å². The minimum atomic E-state index is -0.312.